The van der Waals surface area contributed by atoms with Gasteiger partial charge in [0, 0.05) is 13.6 Å². The van der Waals surface area contributed by atoms with Crippen molar-refractivity contribution in [2.75, 3.05) is 7.05 Å². The lowest BCUT2D eigenvalue weighted by Crippen LogP contribution is -2.27. The van der Waals surface area contributed by atoms with E-state index in [2.05, 4.69) is 9.97 Å². The molecule has 0 aliphatic carbocycles. The molecule has 0 aliphatic heterocycles. The number of rotatable bonds is 6. The van der Waals surface area contributed by atoms with Gasteiger partial charge in [0.15, 0.2) is 0 Å². The first-order valence-electron chi connectivity index (χ1n) is 8.73. The van der Waals surface area contributed by atoms with Gasteiger partial charge >= 0.3 is 6.18 Å². The molecule has 0 aliphatic rings. The fraction of sp³-hybridized carbons (Fsp3) is 0.190. The first kappa shape index (κ1) is 20.3. The third kappa shape index (κ3) is 5.54. The van der Waals surface area contributed by atoms with Crippen LogP contribution in [0.3, 0.4) is 0 Å². The summed E-state index contributed by atoms with van der Waals surface area (Å²) in [6, 6.07) is 14.4. The maximum Gasteiger partial charge on any atom is 0.416 e. The molecule has 150 valence electrons. The fourth-order valence-corrected chi connectivity index (χ4v) is 2.62. The summed E-state index contributed by atoms with van der Waals surface area (Å²) in [6.07, 6.45) is -1.81. The molecule has 0 fully saturated rings. The summed E-state index contributed by atoms with van der Waals surface area (Å²) in [6.45, 7) is 0.328. The number of amides is 1. The number of benzene rings is 2. The van der Waals surface area contributed by atoms with E-state index in [0.29, 0.717) is 12.2 Å². The van der Waals surface area contributed by atoms with E-state index in [4.69, 9.17) is 4.74 Å². The summed E-state index contributed by atoms with van der Waals surface area (Å²) in [7, 11) is 1.49. The van der Waals surface area contributed by atoms with Gasteiger partial charge in [-0.25, -0.2) is 9.97 Å². The molecule has 8 heteroatoms. The van der Waals surface area contributed by atoms with E-state index < -0.39 is 17.6 Å². The van der Waals surface area contributed by atoms with Crippen molar-refractivity contribution in [1.29, 1.82) is 0 Å². The number of hydrogen-bond donors (Lipinski definition) is 0. The van der Waals surface area contributed by atoms with Crippen molar-refractivity contribution in [2.45, 2.75) is 19.3 Å². The van der Waals surface area contributed by atoms with Gasteiger partial charge in [0.2, 0.25) is 5.88 Å². The standard InChI is InChI=1S/C21H18F3N3O2/c1-27(13-16-8-5-9-17(10-16)21(22,23)24)20(28)18-11-26-19(12-25-18)29-14-15-6-3-2-4-7-15/h2-12H,13-14H2,1H3. The first-order chi connectivity index (χ1) is 13.8. The molecule has 0 bridgehead atoms. The number of nitrogens with zero attached hydrogens (tertiary/aromatic N) is 3. The Morgan fingerprint density at radius 1 is 1.00 bits per heavy atom. The van der Waals surface area contributed by atoms with Crippen molar-refractivity contribution in [1.82, 2.24) is 14.9 Å². The van der Waals surface area contributed by atoms with E-state index in [9.17, 15) is 18.0 Å². The molecule has 0 saturated carbocycles. The van der Waals surface area contributed by atoms with Gasteiger partial charge < -0.3 is 9.64 Å². The summed E-state index contributed by atoms with van der Waals surface area (Å²) in [5, 5.41) is 0. The quantitative estimate of drug-likeness (QED) is 0.616. The molecule has 0 radical (unpaired) electrons. The van der Waals surface area contributed by atoms with Gasteiger partial charge in [0.05, 0.1) is 18.0 Å². The van der Waals surface area contributed by atoms with Crippen LogP contribution in [0.5, 0.6) is 5.88 Å². The van der Waals surface area contributed by atoms with Gasteiger partial charge in [-0.15, -0.1) is 0 Å². The zero-order chi connectivity index (χ0) is 20.9. The molecule has 29 heavy (non-hydrogen) atoms. The average Bonchev–Trinajstić information content (AvgIpc) is 2.72. The second kappa shape index (κ2) is 8.72. The van der Waals surface area contributed by atoms with Crippen LogP contribution in [0.25, 0.3) is 0 Å². The lowest BCUT2D eigenvalue weighted by atomic mass is 10.1. The maximum atomic E-state index is 12.8. The molecule has 0 saturated heterocycles. The second-order valence-electron chi connectivity index (χ2n) is 6.37. The zero-order valence-corrected chi connectivity index (χ0v) is 15.6. The van der Waals surface area contributed by atoms with E-state index in [-0.39, 0.29) is 18.1 Å². The zero-order valence-electron chi connectivity index (χ0n) is 15.6. The van der Waals surface area contributed by atoms with E-state index in [0.717, 1.165) is 17.7 Å². The SMILES string of the molecule is CN(Cc1cccc(C(F)(F)F)c1)C(=O)c1cnc(OCc2ccccc2)cn1. The van der Waals surface area contributed by atoms with E-state index in [1.54, 1.807) is 0 Å². The highest BCUT2D eigenvalue weighted by Crippen LogP contribution is 2.29. The summed E-state index contributed by atoms with van der Waals surface area (Å²) in [4.78, 5) is 21.9. The van der Waals surface area contributed by atoms with Crippen LogP contribution in [-0.2, 0) is 19.3 Å². The van der Waals surface area contributed by atoms with Crippen molar-refractivity contribution < 1.29 is 22.7 Å². The maximum absolute atomic E-state index is 12.8. The van der Waals surface area contributed by atoms with Crippen LogP contribution < -0.4 is 4.74 Å². The summed E-state index contributed by atoms with van der Waals surface area (Å²) in [5.41, 5.74) is 0.656. The van der Waals surface area contributed by atoms with E-state index >= 15 is 0 Å². The third-order valence-corrected chi connectivity index (χ3v) is 4.10. The molecule has 5 nitrogen and oxygen atoms in total. The number of ether oxygens (including phenoxy) is 1. The molecule has 3 aromatic rings. The third-order valence-electron chi connectivity index (χ3n) is 4.10. The molecular formula is C21H18F3N3O2. The molecule has 0 N–H and O–H groups in total. The Labute approximate surface area is 165 Å². The highest BCUT2D eigenvalue weighted by Gasteiger charge is 2.30. The molecule has 1 amide bonds. The van der Waals surface area contributed by atoms with Crippen LogP contribution in [0.15, 0.2) is 67.0 Å². The summed E-state index contributed by atoms with van der Waals surface area (Å²) in [5.74, 6) is -0.185. The molecular weight excluding hydrogens is 383 g/mol. The molecule has 3 rings (SSSR count). The monoisotopic (exact) mass is 401 g/mol. The van der Waals surface area contributed by atoms with Gasteiger partial charge in [0.1, 0.15) is 12.3 Å². The second-order valence-corrected chi connectivity index (χ2v) is 6.37. The highest BCUT2D eigenvalue weighted by atomic mass is 19.4. The van der Waals surface area contributed by atoms with Crippen LogP contribution in [0.4, 0.5) is 13.2 Å². The number of aromatic nitrogens is 2. The lowest BCUT2D eigenvalue weighted by molar-refractivity contribution is -0.137. The largest absolute Gasteiger partial charge is 0.472 e. The Morgan fingerprint density at radius 2 is 1.72 bits per heavy atom. The predicted octanol–water partition coefficient (Wildman–Crippen LogP) is 4.35. The van der Waals surface area contributed by atoms with Gasteiger partial charge in [-0.2, -0.15) is 13.2 Å². The lowest BCUT2D eigenvalue weighted by Gasteiger charge is -2.17. The van der Waals surface area contributed by atoms with Gasteiger partial charge in [-0.3, -0.25) is 4.79 Å². The molecule has 0 spiro atoms. The van der Waals surface area contributed by atoms with Crippen molar-refractivity contribution in [3.05, 3.63) is 89.4 Å². The Morgan fingerprint density at radius 3 is 2.38 bits per heavy atom. The smallest absolute Gasteiger partial charge is 0.416 e. The van der Waals surface area contributed by atoms with Crippen LogP contribution in [0.1, 0.15) is 27.2 Å². The van der Waals surface area contributed by atoms with Crippen molar-refractivity contribution in [3.8, 4) is 5.88 Å². The summed E-state index contributed by atoms with van der Waals surface area (Å²) < 4.78 is 44.0. The minimum absolute atomic E-state index is 0.0106. The van der Waals surface area contributed by atoms with E-state index in [1.165, 1.54) is 36.5 Å². The molecule has 1 heterocycles. The Bertz CT molecular complexity index is 961. The van der Waals surface area contributed by atoms with Gasteiger partial charge in [-0.05, 0) is 23.3 Å². The van der Waals surface area contributed by atoms with Gasteiger partial charge in [0.25, 0.3) is 5.91 Å². The van der Waals surface area contributed by atoms with Crippen molar-refractivity contribution in [3.63, 3.8) is 0 Å². The number of alkyl halides is 3. The van der Waals surface area contributed by atoms with Crippen LogP contribution in [-0.4, -0.2) is 27.8 Å². The minimum atomic E-state index is -4.43. The minimum Gasteiger partial charge on any atom is -0.472 e. The molecule has 2 aromatic carbocycles. The topological polar surface area (TPSA) is 55.3 Å². The van der Waals surface area contributed by atoms with Crippen LogP contribution in [0.2, 0.25) is 0 Å². The first-order valence-corrected chi connectivity index (χ1v) is 8.73. The highest BCUT2D eigenvalue weighted by molar-refractivity contribution is 5.91. The number of carbonyl (C=O) groups excluding carboxylic acids is 1. The Hall–Kier alpha value is -3.42. The molecule has 1 aromatic heterocycles. The summed E-state index contributed by atoms with van der Waals surface area (Å²) >= 11 is 0. The van der Waals surface area contributed by atoms with Gasteiger partial charge in [-0.1, -0.05) is 42.5 Å². The van der Waals surface area contributed by atoms with Crippen LogP contribution in [0, 0.1) is 0 Å². The van der Waals surface area contributed by atoms with E-state index in [1.807, 2.05) is 30.3 Å². The normalized spacial score (nSPS) is 11.2. The predicted molar refractivity (Wildman–Crippen MR) is 100 cm³/mol. The molecule has 0 unspecified atom stereocenters. The average molecular weight is 401 g/mol. The molecule has 0 atom stereocenters. The number of carbonyl (C=O) groups is 1. The van der Waals surface area contributed by atoms with Crippen molar-refractivity contribution >= 4 is 5.91 Å². The Balaban J connectivity index is 1.61. The fourth-order valence-electron chi connectivity index (χ4n) is 2.62. The van der Waals surface area contributed by atoms with Crippen molar-refractivity contribution in [2.24, 2.45) is 0 Å². The number of halogens is 3. The Kier molecular flexibility index (Phi) is 6.11. The number of hydrogen-bond acceptors (Lipinski definition) is 4. The van der Waals surface area contributed by atoms with Crippen LogP contribution >= 0.6 is 0 Å².